The summed E-state index contributed by atoms with van der Waals surface area (Å²) in [6, 6.07) is 14.2. The van der Waals surface area contributed by atoms with Crippen LogP contribution in [-0.4, -0.2) is 24.8 Å². The van der Waals surface area contributed by atoms with Crippen molar-refractivity contribution in [3.63, 3.8) is 0 Å². The minimum Gasteiger partial charge on any atom is -0.497 e. The maximum absolute atomic E-state index is 5.15. The van der Waals surface area contributed by atoms with E-state index < -0.39 is 0 Å². The van der Waals surface area contributed by atoms with Gasteiger partial charge in [0.1, 0.15) is 12.1 Å². The zero-order valence-electron chi connectivity index (χ0n) is 12.8. The molecule has 0 fully saturated rings. The molecule has 0 N–H and O–H groups in total. The normalized spacial score (nSPS) is 10.9. The van der Waals surface area contributed by atoms with E-state index in [1.54, 1.807) is 19.1 Å². The van der Waals surface area contributed by atoms with Crippen LogP contribution in [0.25, 0.3) is 0 Å². The molecule has 0 aliphatic rings. The number of nitrogens with zero attached hydrogens (tertiary/aromatic N) is 2. The fraction of sp³-hybridized carbons (Fsp3) is 0.235. The van der Waals surface area contributed by atoms with Gasteiger partial charge in [-0.1, -0.05) is 17.7 Å². The van der Waals surface area contributed by atoms with Crippen LogP contribution in [0, 0.1) is 13.8 Å². The highest BCUT2D eigenvalue weighted by molar-refractivity contribution is 7.97. The van der Waals surface area contributed by atoms with E-state index in [1.807, 2.05) is 48.0 Å². The quantitative estimate of drug-likeness (QED) is 0.458. The van der Waals surface area contributed by atoms with Crippen molar-refractivity contribution in [2.24, 2.45) is 4.99 Å². The Morgan fingerprint density at radius 3 is 2.43 bits per heavy atom. The van der Waals surface area contributed by atoms with Crippen molar-refractivity contribution in [2.45, 2.75) is 18.7 Å². The fourth-order valence-corrected chi connectivity index (χ4v) is 2.60. The largest absolute Gasteiger partial charge is 0.497 e. The van der Waals surface area contributed by atoms with Crippen molar-refractivity contribution in [1.82, 2.24) is 4.31 Å². The van der Waals surface area contributed by atoms with Crippen molar-refractivity contribution in [3.05, 3.63) is 53.6 Å². The minimum atomic E-state index is 0.867. The monoisotopic (exact) mass is 300 g/mol. The van der Waals surface area contributed by atoms with E-state index in [0.717, 1.165) is 16.3 Å². The van der Waals surface area contributed by atoms with Crippen LogP contribution in [0.3, 0.4) is 0 Å². The lowest BCUT2D eigenvalue weighted by Crippen LogP contribution is -2.04. The predicted molar refractivity (Wildman–Crippen MR) is 90.7 cm³/mol. The van der Waals surface area contributed by atoms with Gasteiger partial charge >= 0.3 is 0 Å². The first kappa shape index (κ1) is 15.4. The molecular weight excluding hydrogens is 280 g/mol. The first-order valence-corrected chi connectivity index (χ1v) is 7.52. The van der Waals surface area contributed by atoms with Crippen molar-refractivity contribution in [1.29, 1.82) is 0 Å². The Hall–Kier alpha value is -1.94. The van der Waals surface area contributed by atoms with Crippen LogP contribution >= 0.6 is 11.9 Å². The van der Waals surface area contributed by atoms with E-state index in [9.17, 15) is 0 Å². The minimum absolute atomic E-state index is 0.867. The van der Waals surface area contributed by atoms with Crippen LogP contribution in [0.2, 0.25) is 0 Å². The Morgan fingerprint density at radius 2 is 1.81 bits per heavy atom. The molecule has 0 spiro atoms. The summed E-state index contributed by atoms with van der Waals surface area (Å²) < 4.78 is 7.14. The second-order valence-electron chi connectivity index (χ2n) is 4.85. The molecule has 0 bridgehead atoms. The lowest BCUT2D eigenvalue weighted by Gasteiger charge is -2.12. The molecule has 4 heteroatoms. The highest BCUT2D eigenvalue weighted by atomic mass is 32.2. The summed E-state index contributed by atoms with van der Waals surface area (Å²) in [7, 11) is 3.66. The molecule has 0 aliphatic heterocycles. The highest BCUT2D eigenvalue weighted by Gasteiger charge is 2.00. The molecule has 0 aliphatic carbocycles. The van der Waals surface area contributed by atoms with Crippen molar-refractivity contribution in [2.75, 3.05) is 14.2 Å². The van der Waals surface area contributed by atoms with Gasteiger partial charge in [-0.15, -0.1) is 0 Å². The van der Waals surface area contributed by atoms with Gasteiger partial charge in [0.05, 0.1) is 12.8 Å². The molecule has 110 valence electrons. The summed E-state index contributed by atoms with van der Waals surface area (Å²) in [5, 5.41) is 0. The number of aliphatic imine (C=N–C) groups is 1. The summed E-state index contributed by atoms with van der Waals surface area (Å²) >= 11 is 1.62. The molecule has 0 saturated heterocycles. The third kappa shape index (κ3) is 4.53. The summed E-state index contributed by atoms with van der Waals surface area (Å²) in [5.41, 5.74) is 3.45. The topological polar surface area (TPSA) is 24.8 Å². The Morgan fingerprint density at radius 1 is 1.10 bits per heavy atom. The van der Waals surface area contributed by atoms with Gasteiger partial charge < -0.3 is 9.04 Å². The first-order chi connectivity index (χ1) is 10.1. The number of aryl methyl sites for hydroxylation is 2. The molecule has 0 heterocycles. The van der Waals surface area contributed by atoms with Crippen molar-refractivity contribution in [3.8, 4) is 5.75 Å². The Kier molecular flexibility index (Phi) is 5.28. The zero-order chi connectivity index (χ0) is 15.2. The van der Waals surface area contributed by atoms with Crippen LogP contribution in [0.4, 0.5) is 5.69 Å². The molecular formula is C17H20N2OS. The summed E-state index contributed by atoms with van der Waals surface area (Å²) in [6.45, 7) is 4.17. The molecule has 21 heavy (non-hydrogen) atoms. The van der Waals surface area contributed by atoms with Crippen LogP contribution in [-0.2, 0) is 0 Å². The van der Waals surface area contributed by atoms with Crippen LogP contribution in [0.1, 0.15) is 11.1 Å². The summed E-state index contributed by atoms with van der Waals surface area (Å²) in [5.74, 6) is 0.867. The van der Waals surface area contributed by atoms with E-state index in [2.05, 4.69) is 31.0 Å². The fourth-order valence-electron chi connectivity index (χ4n) is 1.92. The van der Waals surface area contributed by atoms with Crippen LogP contribution in [0.5, 0.6) is 5.75 Å². The third-order valence-electron chi connectivity index (χ3n) is 3.02. The van der Waals surface area contributed by atoms with Gasteiger partial charge in [-0.3, -0.25) is 0 Å². The molecule has 2 aromatic carbocycles. The standard InChI is InChI=1S/C17H20N2OS/c1-13-5-10-17(14(2)11-13)18-12-19(3)21-16-8-6-15(20-4)7-9-16/h5-12H,1-4H3. The molecule has 0 amide bonds. The average Bonchev–Trinajstić information content (AvgIpc) is 2.47. The lowest BCUT2D eigenvalue weighted by atomic mass is 10.1. The average molecular weight is 300 g/mol. The molecule has 2 aromatic rings. The smallest absolute Gasteiger partial charge is 0.118 e. The molecule has 0 aromatic heterocycles. The highest BCUT2D eigenvalue weighted by Crippen LogP contribution is 2.24. The molecule has 0 saturated carbocycles. The van der Waals surface area contributed by atoms with Gasteiger partial charge in [0.25, 0.3) is 0 Å². The lowest BCUT2D eigenvalue weighted by molar-refractivity contribution is 0.414. The van der Waals surface area contributed by atoms with Gasteiger partial charge in [0.15, 0.2) is 0 Å². The van der Waals surface area contributed by atoms with Crippen LogP contribution in [0.15, 0.2) is 52.4 Å². The molecule has 0 unspecified atom stereocenters. The maximum atomic E-state index is 5.15. The van der Waals surface area contributed by atoms with Crippen molar-refractivity contribution < 1.29 is 4.74 Å². The number of methoxy groups -OCH3 is 1. The second kappa shape index (κ2) is 7.18. The van der Waals surface area contributed by atoms with E-state index in [1.165, 1.54) is 11.1 Å². The van der Waals surface area contributed by atoms with E-state index >= 15 is 0 Å². The molecule has 0 radical (unpaired) electrons. The maximum Gasteiger partial charge on any atom is 0.118 e. The number of ether oxygens (including phenoxy) is 1. The number of rotatable bonds is 5. The van der Waals surface area contributed by atoms with Crippen LogP contribution < -0.4 is 4.74 Å². The summed E-state index contributed by atoms with van der Waals surface area (Å²) in [4.78, 5) is 5.68. The van der Waals surface area contributed by atoms with Gasteiger partial charge in [-0.25, -0.2) is 4.99 Å². The molecule has 2 rings (SSSR count). The zero-order valence-corrected chi connectivity index (χ0v) is 13.6. The third-order valence-corrected chi connectivity index (χ3v) is 3.89. The number of benzene rings is 2. The van der Waals surface area contributed by atoms with Gasteiger partial charge in [-0.2, -0.15) is 0 Å². The van der Waals surface area contributed by atoms with E-state index in [4.69, 9.17) is 4.74 Å². The molecule has 3 nitrogen and oxygen atoms in total. The van der Waals surface area contributed by atoms with E-state index in [0.29, 0.717) is 0 Å². The predicted octanol–water partition coefficient (Wildman–Crippen LogP) is 4.61. The van der Waals surface area contributed by atoms with Crippen molar-refractivity contribution >= 4 is 24.0 Å². The Bertz CT molecular complexity index is 623. The second-order valence-corrected chi connectivity index (χ2v) is 6.08. The Balaban J connectivity index is 1.99. The number of hydrogen-bond acceptors (Lipinski definition) is 3. The van der Waals surface area contributed by atoms with Gasteiger partial charge in [-0.05, 0) is 61.7 Å². The molecule has 0 atom stereocenters. The number of hydrogen-bond donors (Lipinski definition) is 0. The Labute approximate surface area is 130 Å². The summed E-state index contributed by atoms with van der Waals surface area (Å²) in [6.07, 6.45) is 1.84. The SMILES string of the molecule is COc1ccc(SN(C)C=Nc2ccc(C)cc2C)cc1. The van der Waals surface area contributed by atoms with E-state index in [-0.39, 0.29) is 0 Å². The van der Waals surface area contributed by atoms with Gasteiger partial charge in [0, 0.05) is 11.9 Å². The van der Waals surface area contributed by atoms with Gasteiger partial charge in [0.2, 0.25) is 0 Å². The first-order valence-electron chi connectivity index (χ1n) is 6.75.